The summed E-state index contributed by atoms with van der Waals surface area (Å²) in [7, 11) is 0. The van der Waals surface area contributed by atoms with Crippen LogP contribution in [0.25, 0.3) is 11.4 Å². The summed E-state index contributed by atoms with van der Waals surface area (Å²) in [5.74, 6) is 1.09. The van der Waals surface area contributed by atoms with E-state index in [1.54, 1.807) is 12.1 Å². The molecule has 3 rings (SSSR count). The molecule has 0 saturated heterocycles. The Balaban J connectivity index is 1.63. The lowest BCUT2D eigenvalue weighted by Gasteiger charge is -2.12. The first-order valence-corrected chi connectivity index (χ1v) is 7.95. The predicted octanol–water partition coefficient (Wildman–Crippen LogP) is 4.89. The average molecular weight is 348 g/mol. The van der Waals surface area contributed by atoms with E-state index in [0.29, 0.717) is 23.3 Å². The molecule has 23 heavy (non-hydrogen) atoms. The molecular formula is C17H15Cl2N3O. The molecule has 0 saturated carbocycles. The smallest absolute Gasteiger partial charge is 0.240 e. The van der Waals surface area contributed by atoms with Crippen LogP contribution in [0.5, 0.6) is 0 Å². The Labute approximate surface area is 144 Å². The summed E-state index contributed by atoms with van der Waals surface area (Å²) < 4.78 is 5.28. The molecule has 1 aromatic heterocycles. The summed E-state index contributed by atoms with van der Waals surface area (Å²) >= 11 is 11.8. The first-order chi connectivity index (χ1) is 11.1. The number of aromatic nitrogens is 2. The summed E-state index contributed by atoms with van der Waals surface area (Å²) in [5.41, 5.74) is 2.02. The quantitative estimate of drug-likeness (QED) is 0.713. The maximum absolute atomic E-state index is 5.90. The van der Waals surface area contributed by atoms with Crippen molar-refractivity contribution in [3.8, 4) is 11.4 Å². The van der Waals surface area contributed by atoms with Crippen molar-refractivity contribution in [3.63, 3.8) is 0 Å². The van der Waals surface area contributed by atoms with Crippen LogP contribution in [0.1, 0.15) is 24.4 Å². The molecule has 6 heteroatoms. The van der Waals surface area contributed by atoms with Gasteiger partial charge in [0.1, 0.15) is 0 Å². The van der Waals surface area contributed by atoms with Crippen molar-refractivity contribution in [2.75, 3.05) is 0 Å². The van der Waals surface area contributed by atoms with E-state index in [4.69, 9.17) is 27.7 Å². The minimum Gasteiger partial charge on any atom is -0.338 e. The molecule has 1 atom stereocenters. The Bertz CT molecular complexity index is 769. The Hall–Kier alpha value is -1.88. The summed E-state index contributed by atoms with van der Waals surface area (Å²) in [6.07, 6.45) is 0. The van der Waals surface area contributed by atoms with Crippen molar-refractivity contribution < 1.29 is 4.52 Å². The van der Waals surface area contributed by atoms with Gasteiger partial charge in [0.15, 0.2) is 0 Å². The van der Waals surface area contributed by atoms with Crippen LogP contribution in [0.15, 0.2) is 53.1 Å². The molecule has 118 valence electrons. The van der Waals surface area contributed by atoms with Gasteiger partial charge in [-0.2, -0.15) is 4.98 Å². The molecule has 0 unspecified atom stereocenters. The van der Waals surface area contributed by atoms with Crippen LogP contribution in [0, 0.1) is 0 Å². The lowest BCUT2D eigenvalue weighted by atomic mass is 10.1. The van der Waals surface area contributed by atoms with Gasteiger partial charge in [-0.15, -0.1) is 0 Å². The number of nitrogens with one attached hydrogen (secondary N) is 1. The van der Waals surface area contributed by atoms with Crippen molar-refractivity contribution in [1.82, 2.24) is 15.5 Å². The second-order valence-corrected chi connectivity index (χ2v) is 6.05. The van der Waals surface area contributed by atoms with Gasteiger partial charge in [0.05, 0.1) is 6.54 Å². The van der Waals surface area contributed by atoms with E-state index in [1.165, 1.54) is 0 Å². The van der Waals surface area contributed by atoms with Gasteiger partial charge in [-0.05, 0) is 48.9 Å². The summed E-state index contributed by atoms with van der Waals surface area (Å²) in [6.45, 7) is 2.56. The standard InChI is InChI=1S/C17H15Cl2N3O/c1-11(12-2-6-14(18)7-3-12)20-10-16-21-17(22-23-16)13-4-8-15(19)9-5-13/h2-9,11,20H,10H2,1H3/t11-/m1/s1. The van der Waals surface area contributed by atoms with Gasteiger partial charge in [-0.1, -0.05) is 40.5 Å². The number of halogens is 2. The van der Waals surface area contributed by atoms with Gasteiger partial charge in [-0.3, -0.25) is 0 Å². The fourth-order valence-corrected chi connectivity index (χ4v) is 2.40. The maximum Gasteiger partial charge on any atom is 0.240 e. The molecular weight excluding hydrogens is 333 g/mol. The van der Waals surface area contributed by atoms with E-state index in [-0.39, 0.29) is 6.04 Å². The third kappa shape index (κ3) is 4.10. The van der Waals surface area contributed by atoms with Crippen molar-refractivity contribution >= 4 is 23.2 Å². The third-order valence-corrected chi connectivity index (χ3v) is 4.00. The molecule has 3 aromatic rings. The number of hydrogen-bond donors (Lipinski definition) is 1. The normalized spacial score (nSPS) is 12.3. The Morgan fingerprint density at radius 2 is 1.61 bits per heavy atom. The molecule has 0 spiro atoms. The lowest BCUT2D eigenvalue weighted by molar-refractivity contribution is 0.360. The van der Waals surface area contributed by atoms with Crippen LogP contribution in [-0.2, 0) is 6.54 Å². The second kappa shape index (κ2) is 7.13. The first-order valence-electron chi connectivity index (χ1n) is 7.19. The largest absolute Gasteiger partial charge is 0.338 e. The summed E-state index contributed by atoms with van der Waals surface area (Å²) in [4.78, 5) is 4.39. The first kappa shape index (κ1) is 16.0. The molecule has 0 aliphatic carbocycles. The average Bonchev–Trinajstić information content (AvgIpc) is 3.03. The van der Waals surface area contributed by atoms with E-state index in [9.17, 15) is 0 Å². The van der Waals surface area contributed by atoms with Gasteiger partial charge in [0.25, 0.3) is 0 Å². The van der Waals surface area contributed by atoms with Crippen LogP contribution in [0.4, 0.5) is 0 Å². The molecule has 0 amide bonds. The zero-order valence-corrected chi connectivity index (χ0v) is 14.0. The van der Waals surface area contributed by atoms with Crippen LogP contribution in [0.2, 0.25) is 10.0 Å². The number of nitrogens with zero attached hydrogens (tertiary/aromatic N) is 2. The van der Waals surface area contributed by atoms with E-state index >= 15 is 0 Å². The Morgan fingerprint density at radius 1 is 1.00 bits per heavy atom. The number of benzene rings is 2. The third-order valence-electron chi connectivity index (χ3n) is 3.50. The van der Waals surface area contributed by atoms with Gasteiger partial charge in [0.2, 0.25) is 11.7 Å². The highest BCUT2D eigenvalue weighted by molar-refractivity contribution is 6.30. The van der Waals surface area contributed by atoms with Crippen molar-refractivity contribution in [3.05, 3.63) is 70.0 Å². The topological polar surface area (TPSA) is 51.0 Å². The molecule has 0 fully saturated rings. The van der Waals surface area contributed by atoms with E-state index in [2.05, 4.69) is 22.4 Å². The molecule has 0 aliphatic heterocycles. The van der Waals surface area contributed by atoms with Crippen LogP contribution in [-0.4, -0.2) is 10.1 Å². The molecule has 0 aliphatic rings. The van der Waals surface area contributed by atoms with Crippen molar-refractivity contribution in [2.24, 2.45) is 0 Å². The number of rotatable bonds is 5. The summed E-state index contributed by atoms with van der Waals surface area (Å²) in [5, 5.41) is 8.74. The van der Waals surface area contributed by atoms with E-state index < -0.39 is 0 Å². The van der Waals surface area contributed by atoms with Crippen LogP contribution in [0.3, 0.4) is 0 Å². The summed E-state index contributed by atoms with van der Waals surface area (Å²) in [6, 6.07) is 15.2. The molecule has 1 heterocycles. The minimum absolute atomic E-state index is 0.151. The minimum atomic E-state index is 0.151. The van der Waals surface area contributed by atoms with Gasteiger partial charge < -0.3 is 9.84 Å². The zero-order valence-electron chi connectivity index (χ0n) is 12.5. The van der Waals surface area contributed by atoms with Crippen molar-refractivity contribution in [2.45, 2.75) is 19.5 Å². The van der Waals surface area contributed by atoms with Crippen LogP contribution >= 0.6 is 23.2 Å². The maximum atomic E-state index is 5.90. The molecule has 1 N–H and O–H groups in total. The second-order valence-electron chi connectivity index (χ2n) is 5.17. The van der Waals surface area contributed by atoms with Gasteiger partial charge in [0, 0.05) is 21.7 Å². The fraction of sp³-hybridized carbons (Fsp3) is 0.176. The Morgan fingerprint density at radius 3 is 2.26 bits per heavy atom. The highest BCUT2D eigenvalue weighted by Crippen LogP contribution is 2.19. The van der Waals surface area contributed by atoms with Crippen LogP contribution < -0.4 is 5.32 Å². The van der Waals surface area contributed by atoms with E-state index in [1.807, 2.05) is 36.4 Å². The zero-order chi connectivity index (χ0) is 16.2. The SMILES string of the molecule is C[C@@H](NCc1nc(-c2ccc(Cl)cc2)no1)c1ccc(Cl)cc1. The lowest BCUT2D eigenvalue weighted by Crippen LogP contribution is -2.18. The highest BCUT2D eigenvalue weighted by Gasteiger charge is 2.10. The number of hydrogen-bond acceptors (Lipinski definition) is 4. The Kier molecular flexibility index (Phi) is 4.96. The molecule has 2 aromatic carbocycles. The van der Waals surface area contributed by atoms with E-state index in [0.717, 1.165) is 16.1 Å². The van der Waals surface area contributed by atoms with Gasteiger partial charge in [-0.25, -0.2) is 0 Å². The van der Waals surface area contributed by atoms with Crippen molar-refractivity contribution in [1.29, 1.82) is 0 Å². The molecule has 0 radical (unpaired) electrons. The fourth-order valence-electron chi connectivity index (χ4n) is 2.15. The highest BCUT2D eigenvalue weighted by atomic mass is 35.5. The predicted molar refractivity (Wildman–Crippen MR) is 91.5 cm³/mol. The molecule has 0 bridgehead atoms. The molecule has 4 nitrogen and oxygen atoms in total. The monoisotopic (exact) mass is 347 g/mol. The van der Waals surface area contributed by atoms with Gasteiger partial charge >= 0.3 is 0 Å².